The number of methoxy groups -OCH3 is 1. The minimum Gasteiger partial charge on any atom is -0.497 e. The molecule has 0 saturated carbocycles. The number of carbonyl (C=O) groups is 2. The summed E-state index contributed by atoms with van der Waals surface area (Å²) in [6, 6.07) is 22.6. The van der Waals surface area contributed by atoms with Crippen LogP contribution >= 0.6 is 11.8 Å². The number of para-hydroxylation sites is 2. The summed E-state index contributed by atoms with van der Waals surface area (Å²) in [5.41, 5.74) is 4.21. The molecule has 0 unspecified atom stereocenters. The lowest BCUT2D eigenvalue weighted by atomic mass is 10.1. The number of esters is 2. The Hall–Kier alpha value is -3.78. The largest absolute Gasteiger partial charge is 0.497 e. The lowest BCUT2D eigenvalue weighted by Crippen LogP contribution is -2.19. The maximum Gasteiger partial charge on any atom is 0.349 e. The molecule has 0 radical (unpaired) electrons. The van der Waals surface area contributed by atoms with Gasteiger partial charge >= 0.3 is 11.9 Å². The quantitative estimate of drug-likeness (QED) is 0.198. The first kappa shape index (κ1) is 23.4. The fourth-order valence-corrected chi connectivity index (χ4v) is 4.20. The Balaban J connectivity index is 1.36. The highest BCUT2D eigenvalue weighted by Crippen LogP contribution is 2.26. The number of thioether (sulfide) groups is 1. The molecule has 0 bridgehead atoms. The number of benzene rings is 3. The van der Waals surface area contributed by atoms with Gasteiger partial charge in [-0.05, 0) is 54.4 Å². The topological polar surface area (TPSA) is 79.7 Å². The van der Waals surface area contributed by atoms with Gasteiger partial charge in [-0.1, -0.05) is 48.2 Å². The number of rotatable bonds is 9. The fraction of sp³-hybridized carbons (Fsp3) is 0.192. The van der Waals surface area contributed by atoms with E-state index in [4.69, 9.17) is 19.2 Å². The van der Waals surface area contributed by atoms with E-state index < -0.39 is 18.5 Å². The summed E-state index contributed by atoms with van der Waals surface area (Å²) in [5.74, 6) is -0.160. The van der Waals surface area contributed by atoms with Gasteiger partial charge in [-0.15, -0.1) is 0 Å². The molecular weight excluding hydrogens is 452 g/mol. The molecule has 1 aromatic heterocycles. The van der Waals surface area contributed by atoms with Gasteiger partial charge in [-0.3, -0.25) is 4.79 Å². The van der Waals surface area contributed by atoms with Gasteiger partial charge in [0.15, 0.2) is 11.8 Å². The lowest BCUT2D eigenvalue weighted by Gasteiger charge is -2.11. The zero-order chi connectivity index (χ0) is 23.9. The van der Waals surface area contributed by atoms with E-state index >= 15 is 0 Å². The van der Waals surface area contributed by atoms with Crippen LogP contribution < -0.4 is 9.47 Å². The van der Waals surface area contributed by atoms with Crippen LogP contribution in [0.15, 0.2) is 78.0 Å². The summed E-state index contributed by atoms with van der Waals surface area (Å²) in [6.45, 7) is 2.24. The Morgan fingerprint density at radius 3 is 2.38 bits per heavy atom. The number of hydrogen-bond acceptors (Lipinski definition) is 7. The smallest absolute Gasteiger partial charge is 0.349 e. The van der Waals surface area contributed by atoms with Crippen molar-refractivity contribution in [1.29, 1.82) is 0 Å². The molecule has 0 N–H and O–H groups in total. The van der Waals surface area contributed by atoms with Gasteiger partial charge in [-0.25, -0.2) is 9.78 Å². The van der Waals surface area contributed by atoms with Crippen molar-refractivity contribution in [3.8, 4) is 11.5 Å². The summed E-state index contributed by atoms with van der Waals surface area (Å²) in [7, 11) is 1.55. The molecule has 4 aromatic rings. The number of carbonyl (C=O) groups excluding carboxylic acids is 2. The Kier molecular flexibility index (Phi) is 7.49. The SMILES string of the molecule is COc1ccc(OC(=O)COC(=O)CSc2nc3ccccc3n2Cc2ccccc2C)cc1. The average molecular weight is 477 g/mol. The molecule has 0 amide bonds. The molecule has 34 heavy (non-hydrogen) atoms. The second kappa shape index (κ2) is 10.9. The number of aromatic nitrogens is 2. The maximum absolute atomic E-state index is 12.3. The predicted octanol–water partition coefficient (Wildman–Crippen LogP) is 4.64. The van der Waals surface area contributed by atoms with Gasteiger partial charge in [0.2, 0.25) is 0 Å². The molecular formula is C26H24N2O5S. The minimum absolute atomic E-state index is 0.0207. The van der Waals surface area contributed by atoms with Crippen LogP contribution in [-0.4, -0.2) is 41.0 Å². The van der Waals surface area contributed by atoms with Crippen molar-refractivity contribution in [2.24, 2.45) is 0 Å². The highest BCUT2D eigenvalue weighted by molar-refractivity contribution is 7.99. The number of fused-ring (bicyclic) bond motifs is 1. The van der Waals surface area contributed by atoms with Gasteiger partial charge in [0.05, 0.1) is 30.4 Å². The van der Waals surface area contributed by atoms with E-state index in [1.165, 1.54) is 22.9 Å². The zero-order valence-electron chi connectivity index (χ0n) is 18.9. The van der Waals surface area contributed by atoms with E-state index in [1.54, 1.807) is 31.4 Å². The second-order valence-corrected chi connectivity index (χ2v) is 8.44. The van der Waals surface area contributed by atoms with Crippen LogP contribution in [0.25, 0.3) is 11.0 Å². The first-order valence-electron chi connectivity index (χ1n) is 10.7. The fourth-order valence-electron chi connectivity index (χ4n) is 3.38. The molecule has 174 valence electrons. The van der Waals surface area contributed by atoms with Gasteiger partial charge in [0.25, 0.3) is 0 Å². The highest BCUT2D eigenvalue weighted by atomic mass is 32.2. The number of hydrogen-bond donors (Lipinski definition) is 0. The summed E-state index contributed by atoms with van der Waals surface area (Å²) in [6.07, 6.45) is 0. The lowest BCUT2D eigenvalue weighted by molar-refractivity contribution is -0.151. The van der Waals surface area contributed by atoms with E-state index in [1.807, 2.05) is 36.4 Å². The Morgan fingerprint density at radius 1 is 0.912 bits per heavy atom. The summed E-state index contributed by atoms with van der Waals surface area (Å²) in [5, 5.41) is 0.710. The second-order valence-electron chi connectivity index (χ2n) is 7.49. The van der Waals surface area contributed by atoms with Crippen LogP contribution in [0.5, 0.6) is 11.5 Å². The summed E-state index contributed by atoms with van der Waals surface area (Å²) < 4.78 is 17.4. The molecule has 4 rings (SSSR count). The Morgan fingerprint density at radius 2 is 1.62 bits per heavy atom. The third kappa shape index (κ3) is 5.77. The zero-order valence-corrected chi connectivity index (χ0v) is 19.7. The van der Waals surface area contributed by atoms with Crippen molar-refractivity contribution < 1.29 is 23.8 Å². The van der Waals surface area contributed by atoms with Gasteiger partial charge < -0.3 is 18.8 Å². The third-order valence-corrected chi connectivity index (χ3v) is 6.12. The van der Waals surface area contributed by atoms with Crippen molar-refractivity contribution >= 4 is 34.7 Å². The molecule has 7 nitrogen and oxygen atoms in total. The summed E-state index contributed by atoms with van der Waals surface area (Å²) >= 11 is 1.28. The molecule has 0 atom stereocenters. The van der Waals surface area contributed by atoms with Crippen molar-refractivity contribution in [3.63, 3.8) is 0 Å². The van der Waals surface area contributed by atoms with Crippen LogP contribution in [0.4, 0.5) is 0 Å². The van der Waals surface area contributed by atoms with Crippen molar-refractivity contribution in [1.82, 2.24) is 9.55 Å². The number of aryl methyl sites for hydroxylation is 1. The third-order valence-electron chi connectivity index (χ3n) is 5.17. The van der Waals surface area contributed by atoms with Gasteiger partial charge in [-0.2, -0.15) is 0 Å². The van der Waals surface area contributed by atoms with Crippen LogP contribution in [0.1, 0.15) is 11.1 Å². The van der Waals surface area contributed by atoms with Crippen LogP contribution in [0.2, 0.25) is 0 Å². The van der Waals surface area contributed by atoms with E-state index in [9.17, 15) is 9.59 Å². The number of ether oxygens (including phenoxy) is 3. The van der Waals surface area contributed by atoms with Gasteiger partial charge in [0, 0.05) is 0 Å². The predicted molar refractivity (Wildman–Crippen MR) is 130 cm³/mol. The van der Waals surface area contributed by atoms with Crippen LogP contribution in [0, 0.1) is 6.92 Å². The molecule has 1 heterocycles. The van der Waals surface area contributed by atoms with Crippen molar-refractivity contribution in [2.75, 3.05) is 19.5 Å². The van der Waals surface area contributed by atoms with E-state index in [-0.39, 0.29) is 5.75 Å². The first-order chi connectivity index (χ1) is 16.5. The first-order valence-corrected chi connectivity index (χ1v) is 11.6. The monoisotopic (exact) mass is 476 g/mol. The summed E-state index contributed by atoms with van der Waals surface area (Å²) in [4.78, 5) is 29.0. The number of nitrogens with zero attached hydrogens (tertiary/aromatic N) is 2. The standard InChI is InChI=1S/C26H24N2O5S/c1-18-7-3-4-8-19(18)15-28-23-10-6-5-9-22(23)27-26(28)34-17-25(30)32-16-24(29)33-21-13-11-20(31-2)12-14-21/h3-14H,15-17H2,1-2H3. The average Bonchev–Trinajstić information content (AvgIpc) is 3.20. The molecule has 0 aliphatic heterocycles. The van der Waals surface area contributed by atoms with Crippen LogP contribution in [-0.2, 0) is 20.9 Å². The molecule has 8 heteroatoms. The van der Waals surface area contributed by atoms with E-state index in [2.05, 4.69) is 23.6 Å². The number of imidazole rings is 1. The normalized spacial score (nSPS) is 10.8. The van der Waals surface area contributed by atoms with Crippen molar-refractivity contribution in [2.45, 2.75) is 18.6 Å². The molecule has 0 saturated heterocycles. The highest BCUT2D eigenvalue weighted by Gasteiger charge is 2.16. The van der Waals surface area contributed by atoms with Crippen LogP contribution in [0.3, 0.4) is 0 Å². The molecule has 0 spiro atoms. The van der Waals surface area contributed by atoms with Gasteiger partial charge in [0.1, 0.15) is 11.5 Å². The molecule has 0 aliphatic carbocycles. The molecule has 0 fully saturated rings. The molecule has 3 aromatic carbocycles. The molecule has 0 aliphatic rings. The van der Waals surface area contributed by atoms with E-state index in [0.29, 0.717) is 23.2 Å². The maximum atomic E-state index is 12.3. The minimum atomic E-state index is -0.657. The van der Waals surface area contributed by atoms with Crippen molar-refractivity contribution in [3.05, 3.63) is 83.9 Å². The Bertz CT molecular complexity index is 1300. The van der Waals surface area contributed by atoms with E-state index in [0.717, 1.165) is 11.0 Å². The Labute approximate surface area is 201 Å².